The van der Waals surface area contributed by atoms with Crippen molar-refractivity contribution in [2.45, 2.75) is 38.7 Å². The normalized spacial score (nSPS) is 13.9. The molecule has 0 fully saturated rings. The fourth-order valence-electron chi connectivity index (χ4n) is 3.76. The third kappa shape index (κ3) is 7.10. The van der Waals surface area contributed by atoms with Gasteiger partial charge in [0.2, 0.25) is 0 Å². The molecule has 0 heterocycles. The van der Waals surface area contributed by atoms with Crippen molar-refractivity contribution >= 4 is 24.4 Å². The van der Waals surface area contributed by atoms with E-state index in [0.29, 0.717) is 24.7 Å². The van der Waals surface area contributed by atoms with Gasteiger partial charge in [-0.05, 0) is 48.8 Å². The number of nitrogens with one attached hydrogen (secondary N) is 1. The first-order chi connectivity index (χ1) is 16.9. The highest BCUT2D eigenvalue weighted by Gasteiger charge is 2.38. The Morgan fingerprint density at radius 3 is 1.64 bits per heavy atom. The third-order valence-electron chi connectivity index (χ3n) is 6.01. The quantitative estimate of drug-likeness (QED) is 0.249. The van der Waals surface area contributed by atoms with Crippen LogP contribution in [0.4, 0.5) is 26.3 Å². The van der Waals surface area contributed by atoms with Crippen molar-refractivity contribution in [1.82, 2.24) is 5.32 Å². The minimum absolute atomic E-state index is 0.0208. The highest BCUT2D eigenvalue weighted by Crippen LogP contribution is 2.38. The Labute approximate surface area is 207 Å². The van der Waals surface area contributed by atoms with Crippen molar-refractivity contribution in [2.24, 2.45) is 5.92 Å². The maximum atomic E-state index is 13.3. The first-order valence-corrected chi connectivity index (χ1v) is 12.9. The van der Waals surface area contributed by atoms with Gasteiger partial charge in [-0.1, -0.05) is 80.9 Å². The number of hydrogen-bond donors (Lipinski definition) is 1. The predicted molar refractivity (Wildman–Crippen MR) is 131 cm³/mol. The molecule has 1 amide bonds. The molecule has 0 saturated carbocycles. The highest BCUT2D eigenvalue weighted by molar-refractivity contribution is 7.73. The monoisotopic (exact) mass is 525 g/mol. The second-order valence-corrected chi connectivity index (χ2v) is 10.8. The molecule has 0 radical (unpaired) electrons. The van der Waals surface area contributed by atoms with E-state index in [0.717, 1.165) is 10.6 Å². The molecule has 1 N–H and O–H groups in total. The van der Waals surface area contributed by atoms with Gasteiger partial charge in [-0.15, -0.1) is 0 Å². The van der Waals surface area contributed by atoms with Gasteiger partial charge in [-0.25, -0.2) is 0 Å². The number of halogens is 6. The minimum Gasteiger partial charge on any atom is -0.349 e. The summed E-state index contributed by atoms with van der Waals surface area (Å²) in [6.07, 6.45) is -8.91. The molecule has 192 valence electrons. The summed E-state index contributed by atoms with van der Waals surface area (Å²) in [6, 6.07) is 19.8. The molecule has 0 aliphatic heterocycles. The van der Waals surface area contributed by atoms with E-state index in [1.807, 2.05) is 74.5 Å². The molecule has 3 aromatic rings. The number of amides is 1. The largest absolute Gasteiger partial charge is 0.416 e. The van der Waals surface area contributed by atoms with Crippen molar-refractivity contribution in [2.75, 3.05) is 6.16 Å². The van der Waals surface area contributed by atoms with Gasteiger partial charge in [0.05, 0.1) is 11.1 Å². The van der Waals surface area contributed by atoms with Gasteiger partial charge in [0.1, 0.15) is 0 Å². The van der Waals surface area contributed by atoms with E-state index < -0.39 is 48.9 Å². The van der Waals surface area contributed by atoms with Crippen molar-refractivity contribution in [3.05, 3.63) is 95.6 Å². The summed E-state index contributed by atoms with van der Waals surface area (Å²) in [4.78, 5) is 13.0. The van der Waals surface area contributed by atoms with E-state index in [4.69, 9.17) is 0 Å². The van der Waals surface area contributed by atoms with Crippen LogP contribution in [0.5, 0.6) is 0 Å². The fraction of sp³-hybridized carbons (Fsp3) is 0.296. The van der Waals surface area contributed by atoms with E-state index in [1.54, 1.807) is 0 Å². The number of hydrogen-bond acceptors (Lipinski definition) is 1. The molecular weight excluding hydrogens is 499 g/mol. The summed E-state index contributed by atoms with van der Waals surface area (Å²) in [6.45, 7) is 3.82. The van der Waals surface area contributed by atoms with Crippen LogP contribution in [0.2, 0.25) is 0 Å². The van der Waals surface area contributed by atoms with Gasteiger partial charge in [0, 0.05) is 11.6 Å². The Morgan fingerprint density at radius 1 is 0.806 bits per heavy atom. The Kier molecular flexibility index (Phi) is 8.83. The van der Waals surface area contributed by atoms with Gasteiger partial charge in [0.25, 0.3) is 5.91 Å². The molecule has 0 aliphatic rings. The van der Waals surface area contributed by atoms with Crippen molar-refractivity contribution in [3.8, 4) is 0 Å². The number of carbonyl (C=O) groups is 1. The van der Waals surface area contributed by atoms with E-state index in [1.165, 1.54) is 0 Å². The summed E-state index contributed by atoms with van der Waals surface area (Å²) in [5, 5.41) is 4.86. The van der Waals surface area contributed by atoms with Crippen molar-refractivity contribution in [3.63, 3.8) is 0 Å². The summed E-state index contributed by atoms with van der Waals surface area (Å²) in [5.41, 5.74) is -3.70. The zero-order valence-corrected chi connectivity index (χ0v) is 20.6. The molecule has 2 nitrogen and oxygen atoms in total. The van der Waals surface area contributed by atoms with Crippen LogP contribution in [0.25, 0.3) is 0 Å². The molecule has 3 aromatic carbocycles. The maximum absolute atomic E-state index is 13.3. The summed E-state index contributed by atoms with van der Waals surface area (Å²) in [7, 11) is -0.952. The standard InChI is InChI=1S/C27H26F6NOP/c1-3-18(2)24(17-36(22-10-6-4-7-11-22)23-12-8-5-9-13-23)34-25(35)19-14-20(26(28,29)30)16-21(15-19)27(31,32)33/h4-16,18,24H,3,17H2,1-2H3,(H,34,35)/t18-,24+/m0/s1. The van der Waals surface area contributed by atoms with Crippen LogP contribution in [-0.2, 0) is 12.4 Å². The maximum Gasteiger partial charge on any atom is 0.416 e. The molecule has 9 heteroatoms. The van der Waals surface area contributed by atoms with Gasteiger partial charge < -0.3 is 5.32 Å². The lowest BCUT2D eigenvalue weighted by atomic mass is 9.99. The second kappa shape index (κ2) is 11.5. The Balaban J connectivity index is 1.97. The number of carbonyl (C=O) groups excluding carboxylic acids is 1. The number of rotatable bonds is 8. The van der Waals surface area contributed by atoms with E-state index in [-0.39, 0.29) is 12.0 Å². The third-order valence-corrected chi connectivity index (χ3v) is 8.61. The van der Waals surface area contributed by atoms with Crippen molar-refractivity contribution in [1.29, 1.82) is 0 Å². The average molecular weight is 525 g/mol. The molecule has 0 bridgehead atoms. The van der Waals surface area contributed by atoms with Crippen LogP contribution in [-0.4, -0.2) is 18.1 Å². The zero-order valence-electron chi connectivity index (χ0n) is 19.7. The van der Waals surface area contributed by atoms with Gasteiger partial charge >= 0.3 is 12.4 Å². The fourth-order valence-corrected chi connectivity index (χ4v) is 6.39. The highest BCUT2D eigenvalue weighted by atomic mass is 31.1. The summed E-state index contributed by atoms with van der Waals surface area (Å²) >= 11 is 0. The SMILES string of the molecule is CC[C@H](C)[C@@H](CP(c1ccccc1)c1ccccc1)NC(=O)c1cc(C(F)(F)F)cc(C(F)(F)F)c1. The topological polar surface area (TPSA) is 29.1 Å². The first kappa shape index (κ1) is 27.7. The molecule has 0 unspecified atom stereocenters. The van der Waals surface area contributed by atoms with Crippen LogP contribution in [0, 0.1) is 5.92 Å². The zero-order chi connectivity index (χ0) is 26.5. The Morgan fingerprint density at radius 2 is 1.25 bits per heavy atom. The van der Waals surface area contributed by atoms with E-state index in [9.17, 15) is 31.1 Å². The summed E-state index contributed by atoms with van der Waals surface area (Å²) < 4.78 is 79.8. The van der Waals surface area contributed by atoms with E-state index >= 15 is 0 Å². The average Bonchev–Trinajstić information content (AvgIpc) is 2.85. The van der Waals surface area contributed by atoms with Crippen LogP contribution in [0.15, 0.2) is 78.9 Å². The lowest BCUT2D eigenvalue weighted by Gasteiger charge is -2.30. The molecule has 0 aliphatic carbocycles. The predicted octanol–water partition coefficient (Wildman–Crippen LogP) is 7.00. The molecule has 2 atom stereocenters. The first-order valence-electron chi connectivity index (χ1n) is 11.4. The molecule has 3 rings (SSSR count). The lowest BCUT2D eigenvalue weighted by Crippen LogP contribution is -2.43. The molecule has 0 saturated heterocycles. The van der Waals surface area contributed by atoms with Crippen molar-refractivity contribution < 1.29 is 31.1 Å². The summed E-state index contributed by atoms with van der Waals surface area (Å²) in [5.74, 6) is -1.03. The van der Waals surface area contributed by atoms with Gasteiger partial charge in [0.15, 0.2) is 0 Å². The van der Waals surface area contributed by atoms with E-state index in [2.05, 4.69) is 5.32 Å². The Hall–Kier alpha value is -2.86. The van der Waals surface area contributed by atoms with Crippen LogP contribution in [0.3, 0.4) is 0 Å². The van der Waals surface area contributed by atoms with Gasteiger partial charge in [-0.3, -0.25) is 4.79 Å². The second-order valence-electron chi connectivity index (χ2n) is 8.54. The van der Waals surface area contributed by atoms with Crippen LogP contribution >= 0.6 is 7.92 Å². The molecule has 36 heavy (non-hydrogen) atoms. The lowest BCUT2D eigenvalue weighted by molar-refractivity contribution is -0.143. The minimum atomic E-state index is -5.03. The number of alkyl halides is 6. The van der Waals surface area contributed by atoms with Gasteiger partial charge in [-0.2, -0.15) is 26.3 Å². The Bertz CT molecular complexity index is 1080. The molecule has 0 spiro atoms. The number of benzene rings is 3. The van der Waals surface area contributed by atoms with Crippen LogP contribution in [0.1, 0.15) is 41.8 Å². The molecular formula is C27H26F6NOP. The molecule has 0 aromatic heterocycles. The smallest absolute Gasteiger partial charge is 0.349 e. The van der Waals surface area contributed by atoms with Crippen LogP contribution < -0.4 is 15.9 Å².